The molecule has 5 heteroatoms. The summed E-state index contributed by atoms with van der Waals surface area (Å²) in [6.07, 6.45) is 2.03. The van der Waals surface area contributed by atoms with Gasteiger partial charge in [0.05, 0.1) is 0 Å². The highest BCUT2D eigenvalue weighted by Gasteiger charge is 2.24. The fourth-order valence-electron chi connectivity index (χ4n) is 1.78. The zero-order chi connectivity index (χ0) is 10.8. The number of rotatable bonds is 1. The minimum Gasteiger partial charge on any atom is -0.336 e. The second kappa shape index (κ2) is 4.63. The maximum atomic E-state index is 12.1. The summed E-state index contributed by atoms with van der Waals surface area (Å²) in [5.41, 5.74) is 5.85. The zero-order valence-electron chi connectivity index (χ0n) is 8.28. The van der Waals surface area contributed by atoms with Gasteiger partial charge in [-0.3, -0.25) is 4.79 Å². The highest BCUT2D eigenvalue weighted by molar-refractivity contribution is 9.10. The van der Waals surface area contributed by atoms with Crippen LogP contribution < -0.4 is 5.73 Å². The first-order valence-corrected chi connectivity index (χ1v) is 6.63. The molecule has 1 aromatic heterocycles. The second-order valence-corrected chi connectivity index (χ2v) is 5.52. The Bertz CT molecular complexity index is 366. The Hall–Kier alpha value is -0.390. The van der Waals surface area contributed by atoms with Gasteiger partial charge >= 0.3 is 0 Å². The van der Waals surface area contributed by atoms with Gasteiger partial charge in [-0.2, -0.15) is 0 Å². The van der Waals surface area contributed by atoms with Gasteiger partial charge in [-0.15, -0.1) is 11.3 Å². The van der Waals surface area contributed by atoms with E-state index in [0.717, 1.165) is 28.7 Å². The normalized spacial score (nSPS) is 21.7. The van der Waals surface area contributed by atoms with Crippen molar-refractivity contribution in [2.45, 2.75) is 18.9 Å². The van der Waals surface area contributed by atoms with Crippen LogP contribution in [0.5, 0.6) is 0 Å². The molecule has 0 radical (unpaired) electrons. The molecule has 1 aromatic rings. The molecule has 2 rings (SSSR count). The lowest BCUT2D eigenvalue weighted by molar-refractivity contribution is 0.0713. The number of likely N-dealkylation sites (tertiary alicyclic amines) is 1. The predicted molar refractivity (Wildman–Crippen MR) is 65.1 cm³/mol. The Kier molecular flexibility index (Phi) is 3.43. The summed E-state index contributed by atoms with van der Waals surface area (Å²) < 4.78 is 0.886. The summed E-state index contributed by atoms with van der Waals surface area (Å²) in [5.74, 6) is 0.104. The molecular formula is C10H13BrN2OS. The van der Waals surface area contributed by atoms with E-state index in [1.54, 1.807) is 0 Å². The van der Waals surface area contributed by atoms with Crippen molar-refractivity contribution in [3.05, 3.63) is 20.8 Å². The summed E-state index contributed by atoms with van der Waals surface area (Å²) in [5, 5.41) is 1.92. The molecule has 82 valence electrons. The smallest absolute Gasteiger partial charge is 0.265 e. The van der Waals surface area contributed by atoms with Crippen LogP contribution in [0.15, 0.2) is 15.9 Å². The number of piperidine rings is 1. The lowest BCUT2D eigenvalue weighted by Gasteiger charge is -2.30. The van der Waals surface area contributed by atoms with Crippen LogP contribution in [-0.4, -0.2) is 29.9 Å². The first-order valence-electron chi connectivity index (χ1n) is 4.96. The summed E-state index contributed by atoms with van der Waals surface area (Å²) >= 11 is 4.85. The average Bonchev–Trinajstić information content (AvgIpc) is 2.63. The molecule has 1 atom stereocenters. The molecule has 3 nitrogen and oxygen atoms in total. The maximum absolute atomic E-state index is 12.1. The van der Waals surface area contributed by atoms with E-state index in [1.165, 1.54) is 11.3 Å². The van der Waals surface area contributed by atoms with Crippen molar-refractivity contribution >= 4 is 33.2 Å². The Morgan fingerprint density at radius 2 is 2.47 bits per heavy atom. The Labute approximate surface area is 101 Å². The first-order chi connectivity index (χ1) is 7.18. The van der Waals surface area contributed by atoms with Gasteiger partial charge in [-0.1, -0.05) is 0 Å². The van der Waals surface area contributed by atoms with Crippen LogP contribution in [0.4, 0.5) is 0 Å². The standard InChI is InChI=1S/C10H13BrN2OS/c11-8-3-5-15-9(8)10(14)13-4-1-2-7(12)6-13/h3,5,7H,1-2,4,6,12H2/t7-/m1/s1. The molecule has 0 aromatic carbocycles. The fourth-order valence-corrected chi connectivity index (χ4v) is 3.29. The molecule has 15 heavy (non-hydrogen) atoms. The van der Waals surface area contributed by atoms with Gasteiger partial charge in [-0.05, 0) is 40.2 Å². The van der Waals surface area contributed by atoms with Crippen molar-refractivity contribution < 1.29 is 4.79 Å². The summed E-state index contributed by atoms with van der Waals surface area (Å²) in [6.45, 7) is 1.51. The van der Waals surface area contributed by atoms with E-state index in [9.17, 15) is 4.79 Å². The van der Waals surface area contributed by atoms with E-state index >= 15 is 0 Å². The van der Waals surface area contributed by atoms with Gasteiger partial charge in [0.2, 0.25) is 0 Å². The van der Waals surface area contributed by atoms with Gasteiger partial charge in [0.15, 0.2) is 0 Å². The van der Waals surface area contributed by atoms with E-state index in [0.29, 0.717) is 6.54 Å². The van der Waals surface area contributed by atoms with Gasteiger partial charge in [0.1, 0.15) is 4.88 Å². The fraction of sp³-hybridized carbons (Fsp3) is 0.500. The summed E-state index contributed by atoms with van der Waals surface area (Å²) in [4.78, 5) is 14.7. The Morgan fingerprint density at radius 1 is 1.67 bits per heavy atom. The van der Waals surface area contributed by atoms with E-state index in [-0.39, 0.29) is 11.9 Å². The number of halogens is 1. The SMILES string of the molecule is N[C@@H]1CCCN(C(=O)c2sccc2Br)C1. The highest BCUT2D eigenvalue weighted by atomic mass is 79.9. The molecule has 2 heterocycles. The van der Waals surface area contributed by atoms with Crippen molar-refractivity contribution in [1.82, 2.24) is 4.90 Å². The minimum absolute atomic E-state index is 0.104. The molecule has 0 spiro atoms. The zero-order valence-corrected chi connectivity index (χ0v) is 10.7. The molecule has 1 fully saturated rings. The topological polar surface area (TPSA) is 46.3 Å². The molecule has 1 amide bonds. The van der Waals surface area contributed by atoms with Crippen LogP contribution >= 0.6 is 27.3 Å². The molecule has 1 aliphatic heterocycles. The quantitative estimate of drug-likeness (QED) is 0.860. The second-order valence-electron chi connectivity index (χ2n) is 3.75. The molecule has 0 unspecified atom stereocenters. The van der Waals surface area contributed by atoms with Crippen LogP contribution in [0.25, 0.3) is 0 Å². The Morgan fingerprint density at radius 3 is 3.07 bits per heavy atom. The van der Waals surface area contributed by atoms with Gasteiger partial charge < -0.3 is 10.6 Å². The third kappa shape index (κ3) is 2.41. The van der Waals surface area contributed by atoms with E-state index in [4.69, 9.17) is 5.73 Å². The van der Waals surface area contributed by atoms with Crippen LogP contribution in [0.3, 0.4) is 0 Å². The monoisotopic (exact) mass is 288 g/mol. The molecular weight excluding hydrogens is 276 g/mol. The lowest BCUT2D eigenvalue weighted by Crippen LogP contribution is -2.45. The number of hydrogen-bond donors (Lipinski definition) is 1. The minimum atomic E-state index is 0.104. The maximum Gasteiger partial charge on any atom is 0.265 e. The molecule has 1 aliphatic rings. The van der Waals surface area contributed by atoms with Gasteiger partial charge in [-0.25, -0.2) is 0 Å². The van der Waals surface area contributed by atoms with E-state index < -0.39 is 0 Å². The number of carbonyl (C=O) groups is 1. The van der Waals surface area contributed by atoms with Gasteiger partial charge in [0, 0.05) is 23.6 Å². The highest BCUT2D eigenvalue weighted by Crippen LogP contribution is 2.25. The number of nitrogens with zero attached hydrogens (tertiary/aromatic N) is 1. The van der Waals surface area contributed by atoms with Crippen LogP contribution in [0.1, 0.15) is 22.5 Å². The van der Waals surface area contributed by atoms with Crippen molar-refractivity contribution in [1.29, 1.82) is 0 Å². The van der Waals surface area contributed by atoms with Crippen LogP contribution in [0, 0.1) is 0 Å². The molecule has 0 bridgehead atoms. The lowest BCUT2D eigenvalue weighted by atomic mass is 10.1. The predicted octanol–water partition coefficient (Wildman–Crippen LogP) is 2.07. The Balaban J connectivity index is 2.11. The van der Waals surface area contributed by atoms with Crippen LogP contribution in [0.2, 0.25) is 0 Å². The summed E-state index contributed by atoms with van der Waals surface area (Å²) in [7, 11) is 0. The number of thiophene rings is 1. The number of carbonyl (C=O) groups excluding carboxylic acids is 1. The molecule has 2 N–H and O–H groups in total. The van der Waals surface area contributed by atoms with Crippen molar-refractivity contribution in [2.75, 3.05) is 13.1 Å². The number of hydrogen-bond acceptors (Lipinski definition) is 3. The van der Waals surface area contributed by atoms with Crippen molar-refractivity contribution in [2.24, 2.45) is 5.73 Å². The van der Waals surface area contributed by atoms with E-state index in [1.807, 2.05) is 16.3 Å². The largest absolute Gasteiger partial charge is 0.336 e. The third-order valence-electron chi connectivity index (χ3n) is 2.56. The number of nitrogens with two attached hydrogens (primary N) is 1. The molecule has 0 aliphatic carbocycles. The first kappa shape index (κ1) is 11.1. The summed E-state index contributed by atoms with van der Waals surface area (Å²) in [6, 6.07) is 2.04. The van der Waals surface area contributed by atoms with E-state index in [2.05, 4.69) is 15.9 Å². The van der Waals surface area contributed by atoms with Gasteiger partial charge in [0.25, 0.3) is 5.91 Å². The third-order valence-corrected chi connectivity index (χ3v) is 4.38. The van der Waals surface area contributed by atoms with Crippen molar-refractivity contribution in [3.8, 4) is 0 Å². The molecule has 0 saturated carbocycles. The van der Waals surface area contributed by atoms with Crippen LogP contribution in [-0.2, 0) is 0 Å². The van der Waals surface area contributed by atoms with Crippen molar-refractivity contribution in [3.63, 3.8) is 0 Å². The number of amides is 1. The molecule has 1 saturated heterocycles. The average molecular weight is 289 g/mol.